The number of carboxylic acid groups (broad SMARTS) is 1. The van der Waals surface area contributed by atoms with Gasteiger partial charge in [0.05, 0.1) is 25.5 Å². The van der Waals surface area contributed by atoms with Crippen molar-refractivity contribution >= 4 is 12.2 Å². The third kappa shape index (κ3) is 4.22. The van der Waals surface area contributed by atoms with Gasteiger partial charge in [-0.05, 0) is 24.5 Å². The molecule has 0 bridgehead atoms. The zero-order chi connectivity index (χ0) is 16.1. The lowest BCUT2D eigenvalue weighted by Crippen LogP contribution is -2.32. The Hall–Kier alpha value is -2.08. The molecule has 0 radical (unpaired) electrons. The summed E-state index contributed by atoms with van der Waals surface area (Å²) in [6.45, 7) is 2.09. The van der Waals surface area contributed by atoms with E-state index in [0.717, 1.165) is 50.2 Å². The minimum absolute atomic E-state index is 0.0485. The fraction of sp³-hybridized carbons (Fsp3) is 0.529. The summed E-state index contributed by atoms with van der Waals surface area (Å²) >= 11 is 0. The molecular weight excluding hydrogens is 296 g/mol. The maximum Gasteiger partial charge on any atom is 0.407 e. The number of nitrogens with zero attached hydrogens (tertiary/aromatic N) is 2. The molecule has 6 heteroatoms. The van der Waals surface area contributed by atoms with Gasteiger partial charge in [0.2, 0.25) is 0 Å². The Bertz CT molecular complexity index is 569. The van der Waals surface area contributed by atoms with Crippen LogP contribution >= 0.6 is 0 Å². The smallest absolute Gasteiger partial charge is 0.407 e. The van der Waals surface area contributed by atoms with E-state index in [2.05, 4.69) is 4.98 Å². The van der Waals surface area contributed by atoms with Crippen LogP contribution in [0.4, 0.5) is 4.79 Å². The van der Waals surface area contributed by atoms with Crippen molar-refractivity contribution in [3.63, 3.8) is 0 Å². The quantitative estimate of drug-likeness (QED) is 0.924. The standard InChI is InChI=1S/C17H22N2O4/c20-17(21)19-7-1-2-14(19)4-3-13-10-16(12-18-11-13)23-15-5-8-22-9-6-15/h3-4,10-12,14-15H,1-2,5-9H2,(H,20,21). The largest absolute Gasteiger partial charge is 0.489 e. The summed E-state index contributed by atoms with van der Waals surface area (Å²) in [6, 6.07) is 1.89. The predicted octanol–water partition coefficient (Wildman–Crippen LogP) is 2.80. The van der Waals surface area contributed by atoms with Crippen LogP contribution in [0.5, 0.6) is 5.75 Å². The second-order valence-electron chi connectivity index (χ2n) is 5.93. The summed E-state index contributed by atoms with van der Waals surface area (Å²) in [6.07, 6.45) is 10.2. The number of aromatic nitrogens is 1. The third-order valence-electron chi connectivity index (χ3n) is 4.26. The monoisotopic (exact) mass is 318 g/mol. The van der Waals surface area contributed by atoms with Gasteiger partial charge in [0, 0.05) is 25.6 Å². The summed E-state index contributed by atoms with van der Waals surface area (Å²) in [5.41, 5.74) is 0.923. The van der Waals surface area contributed by atoms with Crippen LogP contribution in [-0.2, 0) is 4.74 Å². The van der Waals surface area contributed by atoms with E-state index < -0.39 is 6.09 Å². The van der Waals surface area contributed by atoms with Gasteiger partial charge in [-0.1, -0.05) is 12.2 Å². The second kappa shape index (κ2) is 7.46. The molecule has 0 saturated carbocycles. The molecule has 6 nitrogen and oxygen atoms in total. The van der Waals surface area contributed by atoms with E-state index >= 15 is 0 Å². The first-order chi connectivity index (χ1) is 11.2. The molecule has 1 N–H and O–H groups in total. The molecule has 2 saturated heterocycles. The maximum absolute atomic E-state index is 11.1. The van der Waals surface area contributed by atoms with Crippen molar-refractivity contribution in [1.82, 2.24) is 9.88 Å². The molecule has 3 rings (SSSR count). The zero-order valence-corrected chi connectivity index (χ0v) is 13.1. The van der Waals surface area contributed by atoms with Crippen LogP contribution in [0.1, 0.15) is 31.2 Å². The van der Waals surface area contributed by atoms with Gasteiger partial charge in [0.1, 0.15) is 11.9 Å². The van der Waals surface area contributed by atoms with Gasteiger partial charge in [-0.15, -0.1) is 0 Å². The van der Waals surface area contributed by atoms with Gasteiger partial charge in [-0.25, -0.2) is 4.79 Å². The fourth-order valence-corrected chi connectivity index (χ4v) is 3.03. The third-order valence-corrected chi connectivity index (χ3v) is 4.26. The first-order valence-electron chi connectivity index (χ1n) is 8.09. The molecule has 1 amide bonds. The lowest BCUT2D eigenvalue weighted by Gasteiger charge is -2.23. The van der Waals surface area contributed by atoms with E-state index in [1.807, 2.05) is 18.2 Å². The van der Waals surface area contributed by atoms with Crippen molar-refractivity contribution in [3.8, 4) is 5.75 Å². The number of rotatable bonds is 4. The summed E-state index contributed by atoms with van der Waals surface area (Å²) in [7, 11) is 0. The van der Waals surface area contributed by atoms with Gasteiger partial charge in [-0.2, -0.15) is 0 Å². The van der Waals surface area contributed by atoms with Gasteiger partial charge >= 0.3 is 6.09 Å². The van der Waals surface area contributed by atoms with Gasteiger partial charge in [-0.3, -0.25) is 4.98 Å². The van der Waals surface area contributed by atoms with Gasteiger partial charge in [0.15, 0.2) is 0 Å². The molecule has 1 aromatic rings. The Morgan fingerprint density at radius 3 is 2.96 bits per heavy atom. The topological polar surface area (TPSA) is 71.9 Å². The molecule has 1 unspecified atom stereocenters. The Balaban J connectivity index is 1.62. The van der Waals surface area contributed by atoms with E-state index in [4.69, 9.17) is 14.6 Å². The molecule has 3 heterocycles. The van der Waals surface area contributed by atoms with Crippen LogP contribution in [0.2, 0.25) is 0 Å². The average molecular weight is 318 g/mol. The van der Waals surface area contributed by atoms with Crippen LogP contribution in [0.25, 0.3) is 6.08 Å². The molecule has 2 fully saturated rings. The van der Waals surface area contributed by atoms with Crippen molar-refractivity contribution in [3.05, 3.63) is 30.1 Å². The molecule has 1 aromatic heterocycles. The Kier molecular flexibility index (Phi) is 5.12. The van der Waals surface area contributed by atoms with Crippen LogP contribution < -0.4 is 4.74 Å². The van der Waals surface area contributed by atoms with Crippen molar-refractivity contribution < 1.29 is 19.4 Å². The van der Waals surface area contributed by atoms with Crippen molar-refractivity contribution in [2.24, 2.45) is 0 Å². The number of pyridine rings is 1. The molecule has 2 aliphatic heterocycles. The predicted molar refractivity (Wildman–Crippen MR) is 85.5 cm³/mol. The minimum Gasteiger partial charge on any atom is -0.489 e. The highest BCUT2D eigenvalue weighted by Crippen LogP contribution is 2.21. The summed E-state index contributed by atoms with van der Waals surface area (Å²) < 4.78 is 11.3. The molecule has 23 heavy (non-hydrogen) atoms. The highest BCUT2D eigenvalue weighted by molar-refractivity contribution is 5.66. The fourth-order valence-electron chi connectivity index (χ4n) is 3.03. The number of hydrogen-bond acceptors (Lipinski definition) is 4. The van der Waals surface area contributed by atoms with Crippen LogP contribution in [0.15, 0.2) is 24.5 Å². The Labute approximate surface area is 135 Å². The second-order valence-corrected chi connectivity index (χ2v) is 5.93. The molecule has 2 aliphatic rings. The lowest BCUT2D eigenvalue weighted by atomic mass is 10.1. The molecule has 0 aliphatic carbocycles. The van der Waals surface area contributed by atoms with E-state index in [1.165, 1.54) is 4.90 Å². The maximum atomic E-state index is 11.1. The van der Waals surface area contributed by atoms with E-state index in [1.54, 1.807) is 12.4 Å². The first-order valence-corrected chi connectivity index (χ1v) is 8.09. The summed E-state index contributed by atoms with van der Waals surface area (Å²) in [4.78, 5) is 16.8. The number of ether oxygens (including phenoxy) is 2. The zero-order valence-electron chi connectivity index (χ0n) is 13.1. The summed E-state index contributed by atoms with van der Waals surface area (Å²) in [5.74, 6) is 0.751. The number of likely N-dealkylation sites (tertiary alicyclic amines) is 1. The molecule has 124 valence electrons. The lowest BCUT2D eigenvalue weighted by molar-refractivity contribution is 0.0254. The normalized spacial score (nSPS) is 22.6. The van der Waals surface area contributed by atoms with Crippen molar-refractivity contribution in [2.45, 2.75) is 37.8 Å². The van der Waals surface area contributed by atoms with E-state index in [-0.39, 0.29) is 12.1 Å². The van der Waals surface area contributed by atoms with Crippen LogP contribution in [-0.4, -0.2) is 53.0 Å². The highest BCUT2D eigenvalue weighted by atomic mass is 16.5. The molecule has 0 spiro atoms. The number of carbonyl (C=O) groups is 1. The minimum atomic E-state index is -0.855. The number of amides is 1. The van der Waals surface area contributed by atoms with Crippen molar-refractivity contribution in [1.29, 1.82) is 0 Å². The first kappa shape index (κ1) is 15.8. The van der Waals surface area contributed by atoms with Gasteiger partial charge in [0.25, 0.3) is 0 Å². The molecule has 1 atom stereocenters. The highest BCUT2D eigenvalue weighted by Gasteiger charge is 2.26. The summed E-state index contributed by atoms with van der Waals surface area (Å²) in [5, 5.41) is 9.16. The number of hydrogen-bond donors (Lipinski definition) is 1. The van der Waals surface area contributed by atoms with Crippen molar-refractivity contribution in [2.75, 3.05) is 19.8 Å². The Morgan fingerprint density at radius 2 is 2.17 bits per heavy atom. The Morgan fingerprint density at radius 1 is 1.35 bits per heavy atom. The molecule has 0 aromatic carbocycles. The SMILES string of the molecule is O=C(O)N1CCCC1C=Cc1cncc(OC2CCOCC2)c1. The van der Waals surface area contributed by atoms with E-state index in [0.29, 0.717) is 6.54 Å². The molecular formula is C17H22N2O4. The van der Waals surface area contributed by atoms with Crippen LogP contribution in [0.3, 0.4) is 0 Å². The van der Waals surface area contributed by atoms with E-state index in [9.17, 15) is 4.79 Å². The average Bonchev–Trinajstić information content (AvgIpc) is 3.03. The van der Waals surface area contributed by atoms with Crippen LogP contribution in [0, 0.1) is 0 Å². The van der Waals surface area contributed by atoms with Gasteiger partial charge < -0.3 is 19.5 Å².